The van der Waals surface area contributed by atoms with Crippen LogP contribution in [-0.2, 0) is 4.74 Å². The molecule has 2 atom stereocenters. The second kappa shape index (κ2) is 4.73. The summed E-state index contributed by atoms with van der Waals surface area (Å²) in [6.45, 7) is 6.45. The lowest BCUT2D eigenvalue weighted by Crippen LogP contribution is -2.35. The highest BCUT2D eigenvalue weighted by Crippen LogP contribution is 2.12. The van der Waals surface area contributed by atoms with Crippen LogP contribution in [0, 0.1) is 0 Å². The molecule has 1 saturated heterocycles. The van der Waals surface area contributed by atoms with Crippen LogP contribution in [0.1, 0.15) is 33.1 Å². The molecule has 1 N–H and O–H groups in total. The lowest BCUT2D eigenvalue weighted by molar-refractivity contribution is 0.113. The summed E-state index contributed by atoms with van der Waals surface area (Å²) in [6, 6.07) is 0.613. The Kier molecular flexibility index (Phi) is 3.87. The topological polar surface area (TPSA) is 21.3 Å². The SMILES string of the molecule is CCCCN[C@@H]1CCO[C@H]1C. The van der Waals surface area contributed by atoms with Gasteiger partial charge in [0.25, 0.3) is 0 Å². The number of hydrogen-bond donors (Lipinski definition) is 1. The summed E-state index contributed by atoms with van der Waals surface area (Å²) < 4.78 is 5.43. The van der Waals surface area contributed by atoms with Gasteiger partial charge in [-0.25, -0.2) is 0 Å². The highest BCUT2D eigenvalue weighted by molar-refractivity contribution is 4.78. The van der Waals surface area contributed by atoms with E-state index in [0.717, 1.165) is 13.2 Å². The summed E-state index contributed by atoms with van der Waals surface area (Å²) in [7, 11) is 0. The Morgan fingerprint density at radius 1 is 1.55 bits per heavy atom. The zero-order valence-electron chi connectivity index (χ0n) is 7.60. The largest absolute Gasteiger partial charge is 0.377 e. The molecule has 0 aromatic carbocycles. The van der Waals surface area contributed by atoms with Crippen LogP contribution in [0.5, 0.6) is 0 Å². The van der Waals surface area contributed by atoms with E-state index in [1.54, 1.807) is 0 Å². The molecule has 1 rings (SSSR count). The fraction of sp³-hybridized carbons (Fsp3) is 1.00. The standard InChI is InChI=1S/C9H19NO/c1-3-4-6-10-9-5-7-11-8(9)2/h8-10H,3-7H2,1-2H3/t8-,9+/m0/s1. The van der Waals surface area contributed by atoms with Gasteiger partial charge in [-0.1, -0.05) is 13.3 Å². The molecule has 0 bridgehead atoms. The van der Waals surface area contributed by atoms with E-state index in [1.807, 2.05) is 0 Å². The van der Waals surface area contributed by atoms with E-state index in [0.29, 0.717) is 12.1 Å². The minimum atomic E-state index is 0.423. The van der Waals surface area contributed by atoms with Gasteiger partial charge in [0, 0.05) is 12.6 Å². The van der Waals surface area contributed by atoms with Crippen LogP contribution in [0.15, 0.2) is 0 Å². The van der Waals surface area contributed by atoms with E-state index >= 15 is 0 Å². The van der Waals surface area contributed by atoms with Gasteiger partial charge in [-0.15, -0.1) is 0 Å². The van der Waals surface area contributed by atoms with Gasteiger partial charge in [-0.3, -0.25) is 0 Å². The minimum absolute atomic E-state index is 0.423. The smallest absolute Gasteiger partial charge is 0.0700 e. The number of ether oxygens (including phenoxy) is 1. The van der Waals surface area contributed by atoms with E-state index in [1.165, 1.54) is 19.3 Å². The molecular weight excluding hydrogens is 138 g/mol. The first-order valence-electron chi connectivity index (χ1n) is 4.69. The highest BCUT2D eigenvalue weighted by atomic mass is 16.5. The molecule has 11 heavy (non-hydrogen) atoms. The Morgan fingerprint density at radius 2 is 2.36 bits per heavy atom. The molecule has 1 fully saturated rings. The zero-order chi connectivity index (χ0) is 8.10. The molecule has 0 radical (unpaired) electrons. The van der Waals surface area contributed by atoms with Crippen LogP contribution >= 0.6 is 0 Å². The average Bonchev–Trinajstić information content (AvgIpc) is 2.37. The molecule has 0 aliphatic carbocycles. The summed E-state index contributed by atoms with van der Waals surface area (Å²) >= 11 is 0. The molecule has 1 aliphatic heterocycles. The normalized spacial score (nSPS) is 31.1. The van der Waals surface area contributed by atoms with Crippen LogP contribution in [0.25, 0.3) is 0 Å². The van der Waals surface area contributed by atoms with Gasteiger partial charge >= 0.3 is 0 Å². The van der Waals surface area contributed by atoms with Gasteiger partial charge < -0.3 is 10.1 Å². The Bertz CT molecular complexity index is 106. The average molecular weight is 157 g/mol. The summed E-state index contributed by atoms with van der Waals surface area (Å²) in [4.78, 5) is 0. The Balaban J connectivity index is 2.05. The molecule has 1 heterocycles. The third-order valence-corrected chi connectivity index (χ3v) is 2.31. The van der Waals surface area contributed by atoms with Gasteiger partial charge in [0.2, 0.25) is 0 Å². The fourth-order valence-corrected chi connectivity index (χ4v) is 1.46. The second-order valence-electron chi connectivity index (χ2n) is 3.28. The van der Waals surface area contributed by atoms with Crippen molar-refractivity contribution in [2.75, 3.05) is 13.2 Å². The van der Waals surface area contributed by atoms with Crippen molar-refractivity contribution in [3.63, 3.8) is 0 Å². The minimum Gasteiger partial charge on any atom is -0.377 e. The molecule has 2 nitrogen and oxygen atoms in total. The lowest BCUT2D eigenvalue weighted by Gasteiger charge is -2.15. The molecule has 0 spiro atoms. The Morgan fingerprint density at radius 3 is 2.91 bits per heavy atom. The predicted octanol–water partition coefficient (Wildman–Crippen LogP) is 1.55. The molecular formula is C9H19NO. The maximum Gasteiger partial charge on any atom is 0.0700 e. The molecule has 0 aromatic rings. The van der Waals surface area contributed by atoms with Crippen molar-refractivity contribution in [3.05, 3.63) is 0 Å². The highest BCUT2D eigenvalue weighted by Gasteiger charge is 2.22. The van der Waals surface area contributed by atoms with Crippen LogP contribution in [0.4, 0.5) is 0 Å². The van der Waals surface area contributed by atoms with Gasteiger partial charge in [-0.2, -0.15) is 0 Å². The molecule has 1 aliphatic rings. The van der Waals surface area contributed by atoms with Gasteiger partial charge in [0.05, 0.1) is 6.10 Å². The van der Waals surface area contributed by atoms with Gasteiger partial charge in [-0.05, 0) is 26.3 Å². The van der Waals surface area contributed by atoms with Crippen molar-refractivity contribution in [1.29, 1.82) is 0 Å². The zero-order valence-corrected chi connectivity index (χ0v) is 7.60. The number of rotatable bonds is 4. The number of hydrogen-bond acceptors (Lipinski definition) is 2. The first-order valence-corrected chi connectivity index (χ1v) is 4.69. The van der Waals surface area contributed by atoms with Crippen LogP contribution < -0.4 is 5.32 Å². The Hall–Kier alpha value is -0.0800. The number of unbranched alkanes of at least 4 members (excludes halogenated alkanes) is 1. The fourth-order valence-electron chi connectivity index (χ4n) is 1.46. The third-order valence-electron chi connectivity index (χ3n) is 2.31. The summed E-state index contributed by atoms with van der Waals surface area (Å²) in [5.41, 5.74) is 0. The maximum absolute atomic E-state index is 5.43. The monoisotopic (exact) mass is 157 g/mol. The summed E-state index contributed by atoms with van der Waals surface area (Å²) in [5, 5.41) is 3.51. The van der Waals surface area contributed by atoms with Gasteiger partial charge in [0.15, 0.2) is 0 Å². The predicted molar refractivity (Wildman–Crippen MR) is 46.7 cm³/mol. The van der Waals surface area contributed by atoms with Crippen molar-refractivity contribution in [2.24, 2.45) is 0 Å². The van der Waals surface area contributed by atoms with Crippen LogP contribution in [0.3, 0.4) is 0 Å². The van der Waals surface area contributed by atoms with Crippen molar-refractivity contribution in [1.82, 2.24) is 5.32 Å². The quantitative estimate of drug-likeness (QED) is 0.625. The Labute approximate surface area is 69.3 Å². The first-order chi connectivity index (χ1) is 5.34. The van der Waals surface area contributed by atoms with Crippen LogP contribution in [-0.4, -0.2) is 25.3 Å². The second-order valence-corrected chi connectivity index (χ2v) is 3.28. The molecule has 0 aromatic heterocycles. The van der Waals surface area contributed by atoms with Gasteiger partial charge in [0.1, 0.15) is 0 Å². The van der Waals surface area contributed by atoms with Crippen molar-refractivity contribution in [2.45, 2.75) is 45.3 Å². The van der Waals surface area contributed by atoms with Crippen molar-refractivity contribution in [3.8, 4) is 0 Å². The van der Waals surface area contributed by atoms with E-state index in [-0.39, 0.29) is 0 Å². The van der Waals surface area contributed by atoms with Crippen molar-refractivity contribution >= 4 is 0 Å². The van der Waals surface area contributed by atoms with E-state index in [4.69, 9.17) is 4.74 Å². The third kappa shape index (κ3) is 2.80. The van der Waals surface area contributed by atoms with E-state index in [2.05, 4.69) is 19.2 Å². The molecule has 66 valence electrons. The summed E-state index contributed by atoms with van der Waals surface area (Å²) in [5.74, 6) is 0. The molecule has 0 unspecified atom stereocenters. The van der Waals surface area contributed by atoms with E-state index < -0.39 is 0 Å². The van der Waals surface area contributed by atoms with Crippen LogP contribution in [0.2, 0.25) is 0 Å². The number of nitrogens with one attached hydrogen (secondary N) is 1. The van der Waals surface area contributed by atoms with E-state index in [9.17, 15) is 0 Å². The first kappa shape index (κ1) is 9.01. The maximum atomic E-state index is 5.43. The molecule has 0 saturated carbocycles. The van der Waals surface area contributed by atoms with Crippen molar-refractivity contribution < 1.29 is 4.74 Å². The summed E-state index contributed by atoms with van der Waals surface area (Å²) in [6.07, 6.45) is 4.16. The molecule has 2 heteroatoms. The lowest BCUT2D eigenvalue weighted by atomic mass is 10.1. The molecule has 0 amide bonds.